The number of carbonyl (C=O) groups excluding carboxylic acids is 3. The highest BCUT2D eigenvalue weighted by Gasteiger charge is 2.30. The van der Waals surface area contributed by atoms with Gasteiger partial charge in [0.1, 0.15) is 5.69 Å². The average molecular weight is 322 g/mol. The highest BCUT2D eigenvalue weighted by molar-refractivity contribution is 7.71. The molecule has 0 radical (unpaired) electrons. The number of nitrogens with one attached hydrogen (secondary N) is 1. The van der Waals surface area contributed by atoms with Crippen LogP contribution in [0.5, 0.6) is 0 Å². The molecule has 0 saturated carbocycles. The van der Waals surface area contributed by atoms with Crippen LogP contribution < -0.4 is 0 Å². The molecule has 114 valence electrons. The number of ketones is 1. The molecule has 8 nitrogen and oxygen atoms in total. The maximum Gasteiger partial charge on any atom is 0.357 e. The van der Waals surface area contributed by atoms with E-state index in [1.807, 2.05) is 0 Å². The number of furan rings is 1. The fraction of sp³-hybridized carbons (Fsp3) is 0.154. The van der Waals surface area contributed by atoms with Crippen LogP contribution in [0.4, 0.5) is 0 Å². The highest BCUT2D eigenvalue weighted by Crippen LogP contribution is 2.18. The molecule has 22 heavy (non-hydrogen) atoms. The molecule has 2 aromatic rings. The van der Waals surface area contributed by atoms with Gasteiger partial charge in [-0.25, -0.2) is 14.6 Å². The largest absolute Gasteiger partial charge is 0.464 e. The highest BCUT2D eigenvalue weighted by atomic mass is 32.1. The van der Waals surface area contributed by atoms with Gasteiger partial charge in [0.25, 0.3) is 0 Å². The third-order valence-electron chi connectivity index (χ3n) is 2.67. The summed E-state index contributed by atoms with van der Waals surface area (Å²) in [5.74, 6) is -2.61. The maximum absolute atomic E-state index is 12.5. The van der Waals surface area contributed by atoms with E-state index in [0.717, 1.165) is 14.2 Å². The van der Waals surface area contributed by atoms with Gasteiger partial charge in [0.15, 0.2) is 16.2 Å². The van der Waals surface area contributed by atoms with Crippen molar-refractivity contribution in [3.63, 3.8) is 0 Å². The molecular formula is C13H10N2O6S. The van der Waals surface area contributed by atoms with Crippen molar-refractivity contribution in [1.82, 2.24) is 9.97 Å². The van der Waals surface area contributed by atoms with Gasteiger partial charge < -0.3 is 18.9 Å². The zero-order valence-electron chi connectivity index (χ0n) is 11.5. The van der Waals surface area contributed by atoms with Gasteiger partial charge in [0.2, 0.25) is 5.78 Å². The first-order chi connectivity index (χ1) is 10.5. The standard InChI is InChI=1S/C13H10N2O6S/c1-19-11(17)8-7(10(16)6-4-3-5-21-6)9(12(18)20-2)15-13(22)14-8/h3-5H,1-2H3,(H,14,15,22). The van der Waals surface area contributed by atoms with Gasteiger partial charge in [-0.15, -0.1) is 0 Å². The van der Waals surface area contributed by atoms with Gasteiger partial charge in [0, 0.05) is 0 Å². The van der Waals surface area contributed by atoms with Crippen LogP contribution in [0.15, 0.2) is 22.8 Å². The number of aromatic amines is 1. The third-order valence-corrected chi connectivity index (χ3v) is 2.87. The summed E-state index contributed by atoms with van der Waals surface area (Å²) in [5.41, 5.74) is -1.03. The average Bonchev–Trinajstić information content (AvgIpc) is 3.06. The lowest BCUT2D eigenvalue weighted by Gasteiger charge is -2.09. The van der Waals surface area contributed by atoms with Crippen molar-refractivity contribution in [1.29, 1.82) is 0 Å². The number of hydrogen-bond acceptors (Lipinski definition) is 8. The Kier molecular flexibility index (Phi) is 4.47. The molecule has 0 aliphatic carbocycles. The number of ether oxygens (including phenoxy) is 2. The van der Waals surface area contributed by atoms with Crippen LogP contribution in [-0.2, 0) is 9.47 Å². The molecule has 0 fully saturated rings. The minimum absolute atomic E-state index is 0.0809. The number of methoxy groups -OCH3 is 2. The molecule has 0 aromatic carbocycles. The van der Waals surface area contributed by atoms with E-state index in [2.05, 4.69) is 19.4 Å². The zero-order chi connectivity index (χ0) is 16.3. The van der Waals surface area contributed by atoms with Crippen LogP contribution in [0.2, 0.25) is 0 Å². The Morgan fingerprint density at radius 1 is 1.23 bits per heavy atom. The number of H-pyrrole nitrogens is 1. The van der Waals surface area contributed by atoms with Crippen LogP contribution in [0.25, 0.3) is 0 Å². The van der Waals surface area contributed by atoms with Crippen molar-refractivity contribution in [2.24, 2.45) is 0 Å². The van der Waals surface area contributed by atoms with Crippen LogP contribution >= 0.6 is 12.2 Å². The van der Waals surface area contributed by atoms with Crippen molar-refractivity contribution in [3.8, 4) is 0 Å². The Morgan fingerprint density at radius 2 is 1.91 bits per heavy atom. The van der Waals surface area contributed by atoms with Gasteiger partial charge in [0.05, 0.1) is 26.0 Å². The van der Waals surface area contributed by atoms with Crippen LogP contribution in [-0.4, -0.2) is 41.9 Å². The first-order valence-electron chi connectivity index (χ1n) is 5.88. The molecule has 0 amide bonds. The molecule has 2 rings (SSSR count). The van der Waals surface area contributed by atoms with Crippen molar-refractivity contribution in [2.75, 3.05) is 14.2 Å². The molecule has 0 unspecified atom stereocenters. The lowest BCUT2D eigenvalue weighted by atomic mass is 10.0. The van der Waals surface area contributed by atoms with Crippen LogP contribution in [0.3, 0.4) is 0 Å². The van der Waals surface area contributed by atoms with E-state index < -0.39 is 23.4 Å². The first kappa shape index (κ1) is 15.6. The smallest absolute Gasteiger partial charge is 0.357 e. The van der Waals surface area contributed by atoms with E-state index in [1.165, 1.54) is 18.4 Å². The van der Waals surface area contributed by atoms with E-state index in [0.29, 0.717) is 0 Å². The number of rotatable bonds is 4. The molecule has 0 atom stereocenters. The Bertz CT molecular complexity index is 753. The molecule has 1 N–H and O–H groups in total. The summed E-state index contributed by atoms with van der Waals surface area (Å²) in [5, 5.41) is 0. The Morgan fingerprint density at radius 3 is 2.45 bits per heavy atom. The second-order valence-corrected chi connectivity index (χ2v) is 4.32. The number of hydrogen-bond donors (Lipinski definition) is 1. The van der Waals surface area contributed by atoms with Gasteiger partial charge in [-0.1, -0.05) is 0 Å². The topological polar surface area (TPSA) is 111 Å². The van der Waals surface area contributed by atoms with Crippen LogP contribution in [0.1, 0.15) is 37.1 Å². The van der Waals surface area contributed by atoms with Gasteiger partial charge in [-0.3, -0.25) is 4.79 Å². The molecule has 0 saturated heterocycles. The van der Waals surface area contributed by atoms with Crippen LogP contribution in [0, 0.1) is 4.77 Å². The van der Waals surface area contributed by atoms with Crippen molar-refractivity contribution in [3.05, 3.63) is 45.9 Å². The summed E-state index contributed by atoms with van der Waals surface area (Å²) >= 11 is 4.85. The van der Waals surface area contributed by atoms with Gasteiger partial charge in [-0.05, 0) is 24.4 Å². The summed E-state index contributed by atoms with van der Waals surface area (Å²) in [6, 6.07) is 2.87. The lowest BCUT2D eigenvalue weighted by Crippen LogP contribution is -2.21. The fourth-order valence-corrected chi connectivity index (χ4v) is 1.92. The van der Waals surface area contributed by atoms with E-state index >= 15 is 0 Å². The maximum atomic E-state index is 12.5. The third kappa shape index (κ3) is 2.79. The predicted octanol–water partition coefficient (Wildman–Crippen LogP) is 1.54. The van der Waals surface area contributed by atoms with E-state index in [4.69, 9.17) is 16.6 Å². The monoisotopic (exact) mass is 322 g/mol. The Labute approximate surface area is 129 Å². The molecule has 0 spiro atoms. The minimum atomic E-state index is -0.917. The number of aromatic nitrogens is 2. The molecule has 9 heteroatoms. The predicted molar refractivity (Wildman–Crippen MR) is 74.2 cm³/mol. The molecular weight excluding hydrogens is 312 g/mol. The summed E-state index contributed by atoms with van der Waals surface area (Å²) in [4.78, 5) is 42.4. The summed E-state index contributed by atoms with van der Waals surface area (Å²) in [6.07, 6.45) is 1.28. The van der Waals surface area contributed by atoms with Gasteiger partial charge >= 0.3 is 11.9 Å². The van der Waals surface area contributed by atoms with E-state index in [1.54, 1.807) is 0 Å². The van der Waals surface area contributed by atoms with E-state index in [-0.39, 0.29) is 21.8 Å². The van der Waals surface area contributed by atoms with E-state index in [9.17, 15) is 14.4 Å². The number of esters is 2. The quantitative estimate of drug-likeness (QED) is 0.512. The second-order valence-electron chi connectivity index (χ2n) is 3.93. The molecule has 2 aromatic heterocycles. The molecule has 0 bridgehead atoms. The SMILES string of the molecule is COC(=O)c1nc(=S)[nH]c(C(=O)OC)c1C(=O)c1ccco1. The second kappa shape index (κ2) is 6.31. The van der Waals surface area contributed by atoms with Crippen molar-refractivity contribution < 1.29 is 28.3 Å². The molecule has 0 aliphatic rings. The van der Waals surface area contributed by atoms with Crippen molar-refractivity contribution >= 4 is 29.9 Å². The summed E-state index contributed by atoms with van der Waals surface area (Å²) < 4.78 is 14.0. The molecule has 2 heterocycles. The van der Waals surface area contributed by atoms with Crippen molar-refractivity contribution in [2.45, 2.75) is 0 Å². The van der Waals surface area contributed by atoms with Gasteiger partial charge in [-0.2, -0.15) is 0 Å². The number of nitrogens with zero attached hydrogens (tertiary/aromatic N) is 1. The lowest BCUT2D eigenvalue weighted by molar-refractivity contribution is 0.0582. The first-order valence-corrected chi connectivity index (χ1v) is 6.29. The Hall–Kier alpha value is -2.81. The summed E-state index contributed by atoms with van der Waals surface area (Å²) in [7, 11) is 2.24. The normalized spacial score (nSPS) is 10.1. The molecule has 0 aliphatic heterocycles. The fourth-order valence-electron chi connectivity index (χ4n) is 1.72. The number of carbonyl (C=O) groups is 3. The Balaban J connectivity index is 2.77. The minimum Gasteiger partial charge on any atom is -0.464 e. The summed E-state index contributed by atoms with van der Waals surface area (Å²) in [6.45, 7) is 0. The zero-order valence-corrected chi connectivity index (χ0v) is 12.4.